The minimum absolute atomic E-state index is 0.350. The molecule has 0 aliphatic heterocycles. The van der Waals surface area contributed by atoms with Gasteiger partial charge in [-0.25, -0.2) is 4.98 Å². The Morgan fingerprint density at radius 1 is 1.00 bits per heavy atom. The Bertz CT molecular complexity index is 524. The Morgan fingerprint density at radius 3 is 2.44 bits per heavy atom. The molecule has 16 heavy (non-hydrogen) atoms. The predicted octanol–water partition coefficient (Wildman–Crippen LogP) is 2.96. The molecule has 2 aromatic carbocycles. The van der Waals surface area contributed by atoms with E-state index in [2.05, 4.69) is 9.97 Å². The van der Waals surface area contributed by atoms with Crippen LogP contribution in [0.4, 0.5) is 0 Å². The molecule has 1 aromatic heterocycles. The van der Waals surface area contributed by atoms with Crippen LogP contribution < -0.4 is 0 Å². The van der Waals surface area contributed by atoms with E-state index in [1.165, 1.54) is 0 Å². The van der Waals surface area contributed by atoms with Gasteiger partial charge >= 0.3 is 0 Å². The van der Waals surface area contributed by atoms with E-state index in [1.54, 1.807) is 24.8 Å². The maximum Gasteiger partial charge on any atom is 0.123 e. The summed E-state index contributed by atoms with van der Waals surface area (Å²) in [6, 6.07) is 13.3. The molecule has 0 atom stereocenters. The van der Waals surface area contributed by atoms with Gasteiger partial charge in [0, 0.05) is 17.8 Å². The molecule has 0 bridgehead atoms. The highest BCUT2D eigenvalue weighted by Gasteiger charge is 1.94. The van der Waals surface area contributed by atoms with E-state index in [0.717, 1.165) is 10.8 Å². The molecule has 80 valence electrons. The lowest BCUT2D eigenvalue weighted by Gasteiger charge is -1.97. The lowest BCUT2D eigenvalue weighted by atomic mass is 10.1. The minimum Gasteiger partial charge on any atom is -0.507 e. The van der Waals surface area contributed by atoms with Crippen molar-refractivity contribution in [3.8, 4) is 5.75 Å². The zero-order valence-corrected chi connectivity index (χ0v) is 8.67. The fourth-order valence-electron chi connectivity index (χ4n) is 1.42. The van der Waals surface area contributed by atoms with Crippen LogP contribution in [0.2, 0.25) is 0 Å². The number of imidazole rings is 1. The molecule has 3 nitrogen and oxygen atoms in total. The Kier molecular flexibility index (Phi) is 3.18. The molecule has 3 heteroatoms. The summed E-state index contributed by atoms with van der Waals surface area (Å²) in [7, 11) is 0. The van der Waals surface area contributed by atoms with Crippen molar-refractivity contribution in [3.05, 3.63) is 61.2 Å². The molecule has 3 aromatic rings. The number of aromatic nitrogens is 2. The van der Waals surface area contributed by atoms with Gasteiger partial charge < -0.3 is 10.1 Å². The van der Waals surface area contributed by atoms with E-state index in [9.17, 15) is 5.11 Å². The van der Waals surface area contributed by atoms with Crippen molar-refractivity contribution in [2.45, 2.75) is 0 Å². The highest BCUT2D eigenvalue weighted by atomic mass is 16.3. The van der Waals surface area contributed by atoms with Gasteiger partial charge in [-0.2, -0.15) is 0 Å². The van der Waals surface area contributed by atoms with Gasteiger partial charge in [-0.15, -0.1) is 0 Å². The van der Waals surface area contributed by atoms with E-state index < -0.39 is 0 Å². The van der Waals surface area contributed by atoms with Gasteiger partial charge in [-0.1, -0.05) is 36.4 Å². The molecule has 3 rings (SSSR count). The van der Waals surface area contributed by atoms with Crippen LogP contribution in [0, 0.1) is 0 Å². The number of nitrogens with one attached hydrogen (secondary N) is 1. The Labute approximate surface area is 93.4 Å². The molecule has 2 N–H and O–H groups in total. The number of H-pyrrole nitrogens is 1. The van der Waals surface area contributed by atoms with Crippen LogP contribution in [-0.4, -0.2) is 15.1 Å². The van der Waals surface area contributed by atoms with Crippen molar-refractivity contribution >= 4 is 10.8 Å². The maximum absolute atomic E-state index is 9.37. The maximum atomic E-state index is 9.37. The Hall–Kier alpha value is -2.29. The molecular formula is C13H12N2O. The van der Waals surface area contributed by atoms with Crippen molar-refractivity contribution in [2.75, 3.05) is 0 Å². The third-order valence-corrected chi connectivity index (χ3v) is 2.17. The minimum atomic E-state index is 0.350. The topological polar surface area (TPSA) is 48.9 Å². The number of aromatic hydroxyl groups is 1. The number of nitrogens with zero attached hydrogens (tertiary/aromatic N) is 1. The van der Waals surface area contributed by atoms with E-state index in [-0.39, 0.29) is 0 Å². The molecule has 0 unspecified atom stereocenters. The number of phenolic OH excluding ortho intramolecular Hbond substituents is 1. The van der Waals surface area contributed by atoms with E-state index in [4.69, 9.17) is 0 Å². The van der Waals surface area contributed by atoms with Gasteiger partial charge in [0.15, 0.2) is 0 Å². The van der Waals surface area contributed by atoms with Gasteiger partial charge in [0.05, 0.1) is 6.33 Å². The second kappa shape index (κ2) is 4.98. The summed E-state index contributed by atoms with van der Waals surface area (Å²) in [4.78, 5) is 6.42. The number of rotatable bonds is 0. The van der Waals surface area contributed by atoms with Crippen molar-refractivity contribution in [2.24, 2.45) is 0 Å². The molecule has 0 aliphatic carbocycles. The van der Waals surface area contributed by atoms with Crippen LogP contribution in [0.3, 0.4) is 0 Å². The van der Waals surface area contributed by atoms with Crippen LogP contribution in [0.1, 0.15) is 0 Å². The smallest absolute Gasteiger partial charge is 0.123 e. The van der Waals surface area contributed by atoms with Gasteiger partial charge in [-0.3, -0.25) is 0 Å². The SMILES string of the molecule is Oc1cccc2ccccc12.c1c[nH]cn1. The lowest BCUT2D eigenvalue weighted by Crippen LogP contribution is -1.70. The predicted molar refractivity (Wildman–Crippen MR) is 64.2 cm³/mol. The largest absolute Gasteiger partial charge is 0.507 e. The molecule has 1 heterocycles. The zero-order chi connectivity index (χ0) is 11.2. The van der Waals surface area contributed by atoms with Crippen molar-refractivity contribution in [1.82, 2.24) is 9.97 Å². The van der Waals surface area contributed by atoms with Gasteiger partial charge in [0.25, 0.3) is 0 Å². The monoisotopic (exact) mass is 212 g/mol. The fourth-order valence-corrected chi connectivity index (χ4v) is 1.42. The number of fused-ring (bicyclic) bond motifs is 1. The summed E-state index contributed by atoms with van der Waals surface area (Å²) in [5, 5.41) is 11.4. The molecular weight excluding hydrogens is 200 g/mol. The van der Waals surface area contributed by atoms with Gasteiger partial charge in [0.1, 0.15) is 5.75 Å². The summed E-state index contributed by atoms with van der Waals surface area (Å²) in [6.07, 6.45) is 5.08. The first-order valence-electron chi connectivity index (χ1n) is 4.97. The van der Waals surface area contributed by atoms with Crippen molar-refractivity contribution in [3.63, 3.8) is 0 Å². The van der Waals surface area contributed by atoms with Crippen molar-refractivity contribution < 1.29 is 5.11 Å². The first-order chi connectivity index (χ1) is 7.88. The molecule has 0 saturated heterocycles. The number of aromatic amines is 1. The summed E-state index contributed by atoms with van der Waals surface area (Å²) in [5.41, 5.74) is 0. The lowest BCUT2D eigenvalue weighted by molar-refractivity contribution is 0.481. The third kappa shape index (κ3) is 2.39. The average molecular weight is 212 g/mol. The Balaban J connectivity index is 0.000000162. The number of hydrogen-bond acceptors (Lipinski definition) is 2. The normalized spacial score (nSPS) is 9.50. The summed E-state index contributed by atoms with van der Waals surface area (Å²) in [5.74, 6) is 0.350. The molecule has 0 aliphatic rings. The van der Waals surface area contributed by atoms with Crippen molar-refractivity contribution in [1.29, 1.82) is 0 Å². The van der Waals surface area contributed by atoms with Gasteiger partial charge in [-0.05, 0) is 11.5 Å². The second-order valence-corrected chi connectivity index (χ2v) is 3.26. The van der Waals surface area contributed by atoms with Gasteiger partial charge in [0.2, 0.25) is 0 Å². The van der Waals surface area contributed by atoms with Crippen LogP contribution in [0.25, 0.3) is 10.8 Å². The first kappa shape index (κ1) is 10.2. The number of phenols is 1. The van der Waals surface area contributed by atoms with Crippen LogP contribution in [0.15, 0.2) is 61.2 Å². The standard InChI is InChI=1S/C10H8O.C3H4N2/c11-10-7-3-5-8-4-1-2-6-9(8)10;1-2-5-3-4-1/h1-7,11H;1-3H,(H,4,5). The van der Waals surface area contributed by atoms with E-state index >= 15 is 0 Å². The number of hydrogen-bond donors (Lipinski definition) is 2. The highest BCUT2D eigenvalue weighted by Crippen LogP contribution is 2.22. The summed E-state index contributed by atoms with van der Waals surface area (Å²) in [6.45, 7) is 0. The first-order valence-corrected chi connectivity index (χ1v) is 4.97. The second-order valence-electron chi connectivity index (χ2n) is 3.26. The average Bonchev–Trinajstić information content (AvgIpc) is 2.88. The molecule has 0 saturated carbocycles. The van der Waals surface area contributed by atoms with Crippen LogP contribution in [-0.2, 0) is 0 Å². The van der Waals surface area contributed by atoms with E-state index in [0.29, 0.717) is 5.75 Å². The van der Waals surface area contributed by atoms with E-state index in [1.807, 2.05) is 36.4 Å². The van der Waals surface area contributed by atoms with Crippen LogP contribution >= 0.6 is 0 Å². The highest BCUT2D eigenvalue weighted by molar-refractivity contribution is 5.87. The fraction of sp³-hybridized carbons (Fsp3) is 0. The number of benzene rings is 2. The summed E-state index contributed by atoms with van der Waals surface area (Å²) >= 11 is 0. The quantitative estimate of drug-likeness (QED) is 0.602. The molecule has 0 amide bonds. The third-order valence-electron chi connectivity index (χ3n) is 2.17. The molecule has 0 fully saturated rings. The van der Waals surface area contributed by atoms with Crippen LogP contribution in [0.5, 0.6) is 5.75 Å². The summed E-state index contributed by atoms with van der Waals surface area (Å²) < 4.78 is 0. The zero-order valence-electron chi connectivity index (χ0n) is 8.67. The Morgan fingerprint density at radius 2 is 1.81 bits per heavy atom. The molecule has 0 spiro atoms. The molecule has 0 radical (unpaired) electrons.